The molecule has 0 aliphatic heterocycles. The van der Waals surface area contributed by atoms with Crippen LogP contribution in [0.5, 0.6) is 0 Å². The van der Waals surface area contributed by atoms with Gasteiger partial charge in [0.15, 0.2) is 0 Å². The first-order valence-electron chi connectivity index (χ1n) is 8.88. The van der Waals surface area contributed by atoms with Crippen LogP contribution in [0.25, 0.3) is 0 Å². The maximum atomic E-state index is 12.9. The van der Waals surface area contributed by atoms with Gasteiger partial charge in [0.2, 0.25) is 15.9 Å². The van der Waals surface area contributed by atoms with Gasteiger partial charge in [-0.3, -0.25) is 9.59 Å². The van der Waals surface area contributed by atoms with E-state index >= 15 is 0 Å². The Hall–Kier alpha value is -2.71. The molecule has 1 unspecified atom stereocenters. The molecule has 2 rings (SSSR count). The van der Waals surface area contributed by atoms with Crippen LogP contribution in [0.4, 0.5) is 5.69 Å². The summed E-state index contributed by atoms with van der Waals surface area (Å²) in [5, 5.41) is 10.6. The van der Waals surface area contributed by atoms with E-state index in [1.165, 1.54) is 0 Å². The average molecular weight is 404 g/mol. The molecule has 0 bridgehead atoms. The van der Waals surface area contributed by atoms with Crippen molar-refractivity contribution in [2.45, 2.75) is 32.1 Å². The summed E-state index contributed by atoms with van der Waals surface area (Å²) in [5.41, 5.74) is 1.53. The fourth-order valence-corrected chi connectivity index (χ4v) is 3.37. The smallest absolute Gasteiger partial charge is 0.251 e. The summed E-state index contributed by atoms with van der Waals surface area (Å²) in [5.74, 6) is -0.809. The van der Waals surface area contributed by atoms with Crippen LogP contribution >= 0.6 is 0 Å². The minimum absolute atomic E-state index is 0.161. The van der Waals surface area contributed by atoms with Crippen molar-refractivity contribution in [1.82, 2.24) is 5.32 Å². The molecule has 1 atom stereocenters. The van der Waals surface area contributed by atoms with Gasteiger partial charge in [0.25, 0.3) is 5.91 Å². The molecule has 28 heavy (non-hydrogen) atoms. The summed E-state index contributed by atoms with van der Waals surface area (Å²) < 4.78 is 22.6. The van der Waals surface area contributed by atoms with E-state index in [0.717, 1.165) is 0 Å². The van der Waals surface area contributed by atoms with Crippen molar-refractivity contribution in [1.29, 1.82) is 0 Å². The number of hydrogen-bond acceptors (Lipinski definition) is 4. The minimum atomic E-state index is -3.68. The Kier molecular flexibility index (Phi) is 7.31. The summed E-state index contributed by atoms with van der Waals surface area (Å²) in [6.45, 7) is 3.85. The first kappa shape index (κ1) is 21.6. The van der Waals surface area contributed by atoms with Gasteiger partial charge in [0.1, 0.15) is 6.04 Å². The summed E-state index contributed by atoms with van der Waals surface area (Å²) in [7, 11) is -3.68. The second-order valence-corrected chi connectivity index (χ2v) is 8.62. The number of hydrogen-bond donors (Lipinski definition) is 3. The number of nitrogens with two attached hydrogens (primary N) is 1. The minimum Gasteiger partial charge on any atom is -0.341 e. The predicted molar refractivity (Wildman–Crippen MR) is 109 cm³/mol. The topological polar surface area (TPSA) is 118 Å². The Morgan fingerprint density at radius 2 is 1.71 bits per heavy atom. The van der Waals surface area contributed by atoms with Crippen molar-refractivity contribution >= 4 is 27.5 Å². The van der Waals surface area contributed by atoms with Gasteiger partial charge in [-0.25, -0.2) is 13.6 Å². The Bertz CT molecular complexity index is 927. The van der Waals surface area contributed by atoms with Crippen molar-refractivity contribution in [3.05, 3.63) is 65.7 Å². The lowest BCUT2D eigenvalue weighted by molar-refractivity contribution is -0.127. The monoisotopic (exact) mass is 403 g/mol. The lowest BCUT2D eigenvalue weighted by Gasteiger charge is -2.20. The third-order valence-corrected chi connectivity index (χ3v) is 4.59. The van der Waals surface area contributed by atoms with Crippen molar-refractivity contribution in [3.63, 3.8) is 0 Å². The van der Waals surface area contributed by atoms with Gasteiger partial charge in [0, 0.05) is 12.1 Å². The normalized spacial score (nSPS) is 12.4. The Labute approximate surface area is 165 Å². The highest BCUT2D eigenvalue weighted by atomic mass is 32.2. The highest BCUT2D eigenvalue weighted by Crippen LogP contribution is 2.18. The van der Waals surface area contributed by atoms with Gasteiger partial charge >= 0.3 is 0 Å². The van der Waals surface area contributed by atoms with Crippen LogP contribution in [0.2, 0.25) is 0 Å². The fourth-order valence-electron chi connectivity index (χ4n) is 2.72. The zero-order valence-electron chi connectivity index (χ0n) is 15.9. The van der Waals surface area contributed by atoms with E-state index in [9.17, 15) is 18.0 Å². The Morgan fingerprint density at radius 3 is 2.32 bits per heavy atom. The molecular weight excluding hydrogens is 378 g/mol. The number of carbonyl (C=O) groups excluding carboxylic acids is 2. The van der Waals surface area contributed by atoms with E-state index in [-0.39, 0.29) is 17.6 Å². The van der Waals surface area contributed by atoms with Crippen LogP contribution < -0.4 is 15.8 Å². The molecule has 0 heterocycles. The first-order valence-corrected chi connectivity index (χ1v) is 10.6. The molecule has 0 saturated heterocycles. The average Bonchev–Trinajstić information content (AvgIpc) is 2.58. The number of carbonyl (C=O) groups is 2. The molecule has 2 amide bonds. The zero-order chi connectivity index (χ0) is 20.7. The van der Waals surface area contributed by atoms with E-state index in [1.807, 2.05) is 19.9 Å². The Morgan fingerprint density at radius 1 is 1.04 bits per heavy atom. The van der Waals surface area contributed by atoms with E-state index in [4.69, 9.17) is 5.14 Å². The van der Waals surface area contributed by atoms with Crippen LogP contribution in [0.3, 0.4) is 0 Å². The largest absolute Gasteiger partial charge is 0.341 e. The summed E-state index contributed by atoms with van der Waals surface area (Å²) in [6, 6.07) is 14.5. The number of sulfonamides is 1. The standard InChI is InChI=1S/C20H25N3O4S/c1-14(2)11-18(24)23-19(16-8-4-3-5-9-16)20(25)22-17-10-6-7-15(12-17)13-28(21,26)27/h3-10,12,14,19H,11,13H2,1-2H3,(H,22,25)(H,23,24)(H2,21,26,27). The molecule has 0 fully saturated rings. The molecule has 0 aromatic heterocycles. The number of benzene rings is 2. The molecule has 8 heteroatoms. The SMILES string of the molecule is CC(C)CC(=O)NC(C(=O)Nc1cccc(CS(N)(=O)=O)c1)c1ccccc1. The second kappa shape index (κ2) is 9.48. The molecule has 0 saturated carbocycles. The molecule has 2 aromatic carbocycles. The van der Waals surface area contributed by atoms with Crippen LogP contribution in [-0.2, 0) is 25.4 Å². The number of rotatable bonds is 8. The maximum Gasteiger partial charge on any atom is 0.251 e. The molecule has 2 aromatic rings. The lowest BCUT2D eigenvalue weighted by Crippen LogP contribution is -2.37. The maximum absolute atomic E-state index is 12.9. The van der Waals surface area contributed by atoms with Crippen molar-refractivity contribution in [3.8, 4) is 0 Å². The summed E-state index contributed by atoms with van der Waals surface area (Å²) >= 11 is 0. The van der Waals surface area contributed by atoms with E-state index < -0.39 is 22.0 Å². The van der Waals surface area contributed by atoms with Gasteiger partial charge in [-0.15, -0.1) is 0 Å². The van der Waals surface area contributed by atoms with Gasteiger partial charge in [-0.05, 0) is 29.2 Å². The molecule has 0 spiro atoms. The van der Waals surface area contributed by atoms with Crippen molar-refractivity contribution in [2.24, 2.45) is 11.1 Å². The Balaban J connectivity index is 2.20. The quantitative estimate of drug-likeness (QED) is 0.627. The fraction of sp³-hybridized carbons (Fsp3) is 0.300. The number of primary sulfonamides is 1. The molecule has 7 nitrogen and oxygen atoms in total. The van der Waals surface area contributed by atoms with Gasteiger partial charge in [0.05, 0.1) is 5.75 Å². The lowest BCUT2D eigenvalue weighted by atomic mass is 10.0. The highest BCUT2D eigenvalue weighted by molar-refractivity contribution is 7.88. The van der Waals surface area contributed by atoms with Crippen LogP contribution in [0.15, 0.2) is 54.6 Å². The number of nitrogens with one attached hydrogen (secondary N) is 2. The summed E-state index contributed by atoms with van der Waals surface area (Å²) in [4.78, 5) is 25.1. The second-order valence-electron chi connectivity index (χ2n) is 7.01. The molecule has 0 aliphatic carbocycles. The van der Waals surface area contributed by atoms with Crippen molar-refractivity contribution < 1.29 is 18.0 Å². The van der Waals surface area contributed by atoms with Crippen molar-refractivity contribution in [2.75, 3.05) is 5.32 Å². The van der Waals surface area contributed by atoms with Crippen LogP contribution in [0, 0.1) is 5.92 Å². The van der Waals surface area contributed by atoms with Crippen LogP contribution in [-0.4, -0.2) is 20.2 Å². The molecule has 0 radical (unpaired) electrons. The third kappa shape index (κ3) is 7.13. The van der Waals surface area contributed by atoms with Crippen LogP contribution in [0.1, 0.15) is 37.4 Å². The predicted octanol–water partition coefficient (Wildman–Crippen LogP) is 2.32. The summed E-state index contributed by atoms with van der Waals surface area (Å²) in [6.07, 6.45) is 0.306. The first-order chi connectivity index (χ1) is 13.1. The number of anilines is 1. The van der Waals surface area contributed by atoms with Gasteiger partial charge in [-0.2, -0.15) is 0 Å². The van der Waals surface area contributed by atoms with E-state index in [0.29, 0.717) is 23.2 Å². The molecular formula is C20H25N3O4S. The third-order valence-electron chi connectivity index (χ3n) is 3.86. The molecule has 150 valence electrons. The van der Waals surface area contributed by atoms with E-state index in [1.54, 1.807) is 48.5 Å². The number of amides is 2. The molecule has 4 N–H and O–H groups in total. The zero-order valence-corrected chi connectivity index (χ0v) is 16.7. The molecule has 0 aliphatic rings. The highest BCUT2D eigenvalue weighted by Gasteiger charge is 2.23. The van der Waals surface area contributed by atoms with Gasteiger partial charge < -0.3 is 10.6 Å². The van der Waals surface area contributed by atoms with E-state index in [2.05, 4.69) is 10.6 Å². The van der Waals surface area contributed by atoms with Gasteiger partial charge in [-0.1, -0.05) is 56.3 Å².